The van der Waals surface area contributed by atoms with E-state index >= 15 is 0 Å². The summed E-state index contributed by atoms with van der Waals surface area (Å²) in [4.78, 5) is 27.3. The van der Waals surface area contributed by atoms with Crippen LogP contribution in [0, 0.1) is 0 Å². The fourth-order valence-electron chi connectivity index (χ4n) is 3.21. The maximum Gasteiger partial charge on any atom is 0.321 e. The van der Waals surface area contributed by atoms with Gasteiger partial charge in [0.1, 0.15) is 0 Å². The summed E-state index contributed by atoms with van der Waals surface area (Å²) in [7, 11) is 0. The summed E-state index contributed by atoms with van der Waals surface area (Å²) in [5.74, 6) is -0.633. The molecular formula is C17H22F2N6O2. The average molecular weight is 380 g/mol. The highest BCUT2D eigenvalue weighted by atomic mass is 19.3. The van der Waals surface area contributed by atoms with Crippen LogP contribution in [0.1, 0.15) is 17.4 Å². The van der Waals surface area contributed by atoms with Crippen LogP contribution in [-0.2, 0) is 6.54 Å². The molecule has 0 spiro atoms. The standard InChI is InChI=1S/C17H22F2N6O2/c1-2-25-13-4-3-11(9-12(13)15(22-25)16(20)26)21-17(27)24-7-5-23(6-8-24)10-14(18)19/h3-4,9,14H,2,5-8,10H2,1H3,(H2,20,26)(H,21,27). The Labute approximate surface area is 154 Å². The van der Waals surface area contributed by atoms with Gasteiger partial charge in [-0.1, -0.05) is 0 Å². The molecule has 1 aliphatic heterocycles. The van der Waals surface area contributed by atoms with E-state index in [1.54, 1.807) is 32.7 Å². The number of nitrogens with two attached hydrogens (primary N) is 1. The molecule has 0 unspecified atom stereocenters. The molecule has 0 atom stereocenters. The van der Waals surface area contributed by atoms with Crippen LogP contribution in [0.25, 0.3) is 10.9 Å². The zero-order valence-corrected chi connectivity index (χ0v) is 15.0. The lowest BCUT2D eigenvalue weighted by molar-refractivity contribution is 0.0651. The smallest absolute Gasteiger partial charge is 0.321 e. The number of benzene rings is 1. The highest BCUT2D eigenvalue weighted by molar-refractivity contribution is 6.05. The molecule has 3 N–H and O–H groups in total. The number of alkyl halides is 2. The Morgan fingerprint density at radius 1 is 1.26 bits per heavy atom. The number of primary amides is 1. The molecular weight excluding hydrogens is 358 g/mol. The molecule has 1 fully saturated rings. The van der Waals surface area contributed by atoms with Crippen molar-refractivity contribution in [2.75, 3.05) is 38.0 Å². The van der Waals surface area contributed by atoms with Gasteiger partial charge in [-0.15, -0.1) is 0 Å². The van der Waals surface area contributed by atoms with Gasteiger partial charge in [-0.25, -0.2) is 13.6 Å². The van der Waals surface area contributed by atoms with Crippen molar-refractivity contribution < 1.29 is 18.4 Å². The van der Waals surface area contributed by atoms with Gasteiger partial charge in [-0.2, -0.15) is 5.10 Å². The van der Waals surface area contributed by atoms with Crippen molar-refractivity contribution in [1.82, 2.24) is 19.6 Å². The number of rotatable bonds is 5. The second-order valence-corrected chi connectivity index (χ2v) is 6.37. The SMILES string of the molecule is CCn1nc(C(N)=O)c2cc(NC(=O)N3CCN(CC(F)F)CC3)ccc21. The molecule has 2 heterocycles. The number of hydrogen-bond donors (Lipinski definition) is 2. The average Bonchev–Trinajstić information content (AvgIpc) is 3.00. The van der Waals surface area contributed by atoms with Crippen LogP contribution in [0.15, 0.2) is 18.2 Å². The highest BCUT2D eigenvalue weighted by Crippen LogP contribution is 2.23. The Balaban J connectivity index is 1.70. The predicted molar refractivity (Wildman–Crippen MR) is 97.0 cm³/mol. The summed E-state index contributed by atoms with van der Waals surface area (Å²) in [5.41, 5.74) is 6.82. The van der Waals surface area contributed by atoms with Crippen LogP contribution in [0.3, 0.4) is 0 Å². The van der Waals surface area contributed by atoms with Crippen molar-refractivity contribution in [3.63, 3.8) is 0 Å². The Morgan fingerprint density at radius 3 is 2.56 bits per heavy atom. The normalized spacial score (nSPS) is 15.5. The summed E-state index contributed by atoms with van der Waals surface area (Å²) in [5, 5.41) is 7.56. The molecule has 1 saturated heterocycles. The van der Waals surface area contributed by atoms with E-state index in [-0.39, 0.29) is 18.3 Å². The molecule has 0 radical (unpaired) electrons. The molecule has 0 aliphatic carbocycles. The number of nitrogens with zero attached hydrogens (tertiary/aromatic N) is 4. The minimum atomic E-state index is -2.37. The number of fused-ring (bicyclic) bond motifs is 1. The van der Waals surface area contributed by atoms with Crippen molar-refractivity contribution in [3.8, 4) is 0 Å². The second kappa shape index (κ2) is 7.87. The summed E-state index contributed by atoms with van der Waals surface area (Å²) in [6, 6.07) is 4.86. The summed E-state index contributed by atoms with van der Waals surface area (Å²) in [6.45, 7) is 3.78. The van der Waals surface area contributed by atoms with Crippen molar-refractivity contribution in [2.45, 2.75) is 19.9 Å². The number of carbonyl (C=O) groups excluding carboxylic acids is 2. The molecule has 10 heteroatoms. The van der Waals surface area contributed by atoms with Crippen LogP contribution in [0.5, 0.6) is 0 Å². The lowest BCUT2D eigenvalue weighted by Gasteiger charge is -2.34. The molecule has 1 aromatic carbocycles. The lowest BCUT2D eigenvalue weighted by atomic mass is 10.2. The fourth-order valence-corrected chi connectivity index (χ4v) is 3.21. The molecule has 3 amide bonds. The molecule has 0 bridgehead atoms. The number of aryl methyl sites for hydroxylation is 1. The van der Waals surface area contributed by atoms with Crippen molar-refractivity contribution in [3.05, 3.63) is 23.9 Å². The number of urea groups is 1. The molecule has 0 saturated carbocycles. The van der Waals surface area contributed by atoms with Crippen molar-refractivity contribution in [2.24, 2.45) is 5.73 Å². The first kappa shape index (κ1) is 19.0. The van der Waals surface area contributed by atoms with Gasteiger partial charge in [0, 0.05) is 43.8 Å². The largest absolute Gasteiger partial charge is 0.364 e. The van der Waals surface area contributed by atoms with E-state index in [1.807, 2.05) is 6.92 Å². The van der Waals surface area contributed by atoms with Crippen molar-refractivity contribution in [1.29, 1.82) is 0 Å². The number of aromatic nitrogens is 2. The maximum absolute atomic E-state index is 12.4. The number of carbonyl (C=O) groups is 2. The maximum atomic E-state index is 12.4. The molecule has 1 aliphatic rings. The number of amides is 3. The molecule has 27 heavy (non-hydrogen) atoms. The van der Waals surface area contributed by atoms with Crippen LogP contribution in [0.4, 0.5) is 19.3 Å². The summed E-state index contributed by atoms with van der Waals surface area (Å²) in [6.07, 6.45) is -2.37. The zero-order chi connectivity index (χ0) is 19.6. The van der Waals surface area contributed by atoms with E-state index in [9.17, 15) is 18.4 Å². The zero-order valence-electron chi connectivity index (χ0n) is 15.0. The summed E-state index contributed by atoms with van der Waals surface area (Å²) >= 11 is 0. The molecule has 3 rings (SSSR count). The van der Waals surface area contributed by atoms with E-state index in [4.69, 9.17) is 5.73 Å². The molecule has 146 valence electrons. The third-order valence-corrected chi connectivity index (χ3v) is 4.59. The van der Waals surface area contributed by atoms with Crippen LogP contribution < -0.4 is 11.1 Å². The highest BCUT2D eigenvalue weighted by Gasteiger charge is 2.23. The van der Waals surface area contributed by atoms with Gasteiger partial charge in [0.05, 0.1) is 12.1 Å². The Kier molecular flexibility index (Phi) is 5.54. The third kappa shape index (κ3) is 4.16. The van der Waals surface area contributed by atoms with Gasteiger partial charge in [0.25, 0.3) is 12.3 Å². The quantitative estimate of drug-likeness (QED) is 0.823. The first-order valence-electron chi connectivity index (χ1n) is 8.75. The van der Waals surface area contributed by atoms with Crippen molar-refractivity contribution >= 4 is 28.5 Å². The monoisotopic (exact) mass is 380 g/mol. The third-order valence-electron chi connectivity index (χ3n) is 4.59. The first-order chi connectivity index (χ1) is 12.9. The lowest BCUT2D eigenvalue weighted by Crippen LogP contribution is -2.50. The van der Waals surface area contributed by atoms with Gasteiger partial charge in [0.2, 0.25) is 0 Å². The number of piperazine rings is 1. The van der Waals surface area contributed by atoms with Crippen LogP contribution >= 0.6 is 0 Å². The van der Waals surface area contributed by atoms with Gasteiger partial charge in [0.15, 0.2) is 5.69 Å². The Bertz CT molecular complexity index is 845. The molecule has 1 aromatic heterocycles. The fraction of sp³-hybridized carbons (Fsp3) is 0.471. The van der Waals surface area contributed by atoms with Gasteiger partial charge in [-0.3, -0.25) is 14.4 Å². The second-order valence-electron chi connectivity index (χ2n) is 6.37. The summed E-state index contributed by atoms with van der Waals surface area (Å²) < 4.78 is 26.5. The number of hydrogen-bond acceptors (Lipinski definition) is 4. The van der Waals surface area contributed by atoms with E-state index < -0.39 is 12.3 Å². The molecule has 8 nitrogen and oxygen atoms in total. The number of anilines is 1. The van der Waals surface area contributed by atoms with Crippen LogP contribution in [-0.4, -0.2) is 70.7 Å². The first-order valence-corrected chi connectivity index (χ1v) is 8.75. The van der Waals surface area contributed by atoms with E-state index in [1.165, 1.54) is 0 Å². The minimum absolute atomic E-state index is 0.156. The van der Waals surface area contributed by atoms with E-state index in [0.717, 1.165) is 5.52 Å². The van der Waals surface area contributed by atoms with E-state index in [0.29, 0.717) is 43.8 Å². The van der Waals surface area contributed by atoms with E-state index in [2.05, 4.69) is 10.4 Å². The number of halogens is 2. The molecule has 2 aromatic rings. The van der Waals surface area contributed by atoms with Gasteiger partial charge < -0.3 is 16.0 Å². The predicted octanol–water partition coefficient (Wildman–Crippen LogP) is 1.57. The minimum Gasteiger partial charge on any atom is -0.364 e. The van der Waals surface area contributed by atoms with Gasteiger partial charge >= 0.3 is 6.03 Å². The number of nitrogens with one attached hydrogen (secondary N) is 1. The Hall–Kier alpha value is -2.75. The topological polar surface area (TPSA) is 96.5 Å². The van der Waals surface area contributed by atoms with Gasteiger partial charge in [-0.05, 0) is 25.1 Å². The van der Waals surface area contributed by atoms with Crippen LogP contribution in [0.2, 0.25) is 0 Å². The Morgan fingerprint density at radius 2 is 1.96 bits per heavy atom.